The lowest BCUT2D eigenvalue weighted by molar-refractivity contribution is 0.0898. The van der Waals surface area contributed by atoms with Gasteiger partial charge in [-0.2, -0.15) is 0 Å². The molecule has 0 aromatic carbocycles. The summed E-state index contributed by atoms with van der Waals surface area (Å²) in [5, 5.41) is 2.05. The number of hydrogen-bond donors (Lipinski definition) is 0. The summed E-state index contributed by atoms with van der Waals surface area (Å²) < 4.78 is 5.09. The third kappa shape index (κ3) is 2.84. The first-order valence-corrected chi connectivity index (χ1v) is 6.37. The van der Waals surface area contributed by atoms with Crippen molar-refractivity contribution in [2.75, 3.05) is 13.6 Å². The molecular formula is C13H15NO2S. The van der Waals surface area contributed by atoms with Crippen molar-refractivity contribution in [3.63, 3.8) is 0 Å². The van der Waals surface area contributed by atoms with Crippen LogP contribution in [-0.2, 0) is 0 Å². The van der Waals surface area contributed by atoms with Crippen molar-refractivity contribution >= 4 is 17.1 Å². The summed E-state index contributed by atoms with van der Waals surface area (Å²) in [5.74, 6) is 0.441. The molecule has 90 valence electrons. The predicted octanol–water partition coefficient (Wildman–Crippen LogP) is 3.22. The Labute approximate surface area is 105 Å². The molecule has 2 heterocycles. The van der Waals surface area contributed by atoms with Gasteiger partial charge in [0.15, 0.2) is 5.76 Å². The van der Waals surface area contributed by atoms with E-state index in [0.717, 1.165) is 0 Å². The molecule has 2 aromatic heterocycles. The van der Waals surface area contributed by atoms with Gasteiger partial charge in [0.2, 0.25) is 5.78 Å². The Hall–Kier alpha value is -1.39. The summed E-state index contributed by atoms with van der Waals surface area (Å²) in [5.41, 5.74) is 0. The highest BCUT2D eigenvalue weighted by molar-refractivity contribution is 7.10. The molecule has 2 rings (SSSR count). The second-order valence-corrected chi connectivity index (χ2v) is 4.99. The van der Waals surface area contributed by atoms with Gasteiger partial charge in [0, 0.05) is 10.9 Å². The maximum atomic E-state index is 11.9. The fourth-order valence-electron chi connectivity index (χ4n) is 1.62. The lowest BCUT2D eigenvalue weighted by atomic mass is 10.2. The molecule has 1 atom stereocenters. The molecule has 1 unspecified atom stereocenters. The second kappa shape index (κ2) is 5.29. The van der Waals surface area contributed by atoms with Crippen LogP contribution in [-0.4, -0.2) is 24.3 Å². The van der Waals surface area contributed by atoms with Gasteiger partial charge in [-0.25, -0.2) is 0 Å². The Morgan fingerprint density at radius 3 is 2.88 bits per heavy atom. The normalized spacial score (nSPS) is 12.9. The average molecular weight is 249 g/mol. The number of Topliss-reactive ketones (excluding diaryl/α,β-unsaturated/α-hetero) is 1. The van der Waals surface area contributed by atoms with Crippen LogP contribution in [0, 0.1) is 0 Å². The van der Waals surface area contributed by atoms with Crippen LogP contribution in [0.1, 0.15) is 28.4 Å². The molecule has 2 aromatic rings. The van der Waals surface area contributed by atoms with E-state index < -0.39 is 0 Å². The molecule has 0 aliphatic rings. The molecule has 0 saturated heterocycles. The van der Waals surface area contributed by atoms with Crippen LogP contribution in [0.2, 0.25) is 0 Å². The number of ketones is 1. The zero-order valence-corrected chi connectivity index (χ0v) is 10.7. The minimum Gasteiger partial charge on any atom is -0.461 e. The van der Waals surface area contributed by atoms with Gasteiger partial charge in [-0.1, -0.05) is 6.07 Å². The smallest absolute Gasteiger partial charge is 0.211 e. The highest BCUT2D eigenvalue weighted by atomic mass is 32.1. The van der Waals surface area contributed by atoms with E-state index in [2.05, 4.69) is 13.0 Å². The highest BCUT2D eigenvalue weighted by Crippen LogP contribution is 2.23. The van der Waals surface area contributed by atoms with Crippen molar-refractivity contribution in [3.05, 3.63) is 46.5 Å². The Morgan fingerprint density at radius 2 is 2.29 bits per heavy atom. The highest BCUT2D eigenvalue weighted by Gasteiger charge is 2.17. The fraction of sp³-hybridized carbons (Fsp3) is 0.308. The largest absolute Gasteiger partial charge is 0.461 e. The summed E-state index contributed by atoms with van der Waals surface area (Å²) in [6.45, 7) is 2.47. The maximum absolute atomic E-state index is 11.9. The summed E-state index contributed by atoms with van der Waals surface area (Å²) in [7, 11) is 1.95. The summed E-state index contributed by atoms with van der Waals surface area (Å²) in [6.07, 6.45) is 1.52. The standard InChI is InChI=1S/C13H15NO2S/c1-10(13-6-4-8-17-13)14(2)9-11(15)12-5-3-7-16-12/h3-8,10H,9H2,1-2H3. The van der Waals surface area contributed by atoms with Crippen LogP contribution in [0.15, 0.2) is 40.3 Å². The number of likely N-dealkylation sites (N-methyl/N-ethyl adjacent to an activating group) is 1. The van der Waals surface area contributed by atoms with Crippen molar-refractivity contribution in [1.29, 1.82) is 0 Å². The van der Waals surface area contributed by atoms with Crippen molar-refractivity contribution in [2.24, 2.45) is 0 Å². The molecule has 4 heteroatoms. The molecule has 0 aliphatic heterocycles. The summed E-state index contributed by atoms with van der Waals surface area (Å²) in [6, 6.07) is 7.79. The Kier molecular flexibility index (Phi) is 3.76. The number of hydrogen-bond acceptors (Lipinski definition) is 4. The van der Waals surface area contributed by atoms with Crippen LogP contribution in [0.3, 0.4) is 0 Å². The Morgan fingerprint density at radius 1 is 1.47 bits per heavy atom. The maximum Gasteiger partial charge on any atom is 0.211 e. The molecule has 0 aliphatic carbocycles. The average Bonchev–Trinajstić information content (AvgIpc) is 3.00. The van der Waals surface area contributed by atoms with Gasteiger partial charge in [-0.05, 0) is 37.6 Å². The van der Waals surface area contributed by atoms with E-state index in [4.69, 9.17) is 4.42 Å². The summed E-state index contributed by atoms with van der Waals surface area (Å²) in [4.78, 5) is 15.1. The number of furan rings is 1. The van der Waals surface area contributed by atoms with Gasteiger partial charge in [0.05, 0.1) is 12.8 Å². The van der Waals surface area contributed by atoms with Gasteiger partial charge in [0.1, 0.15) is 0 Å². The molecule has 0 N–H and O–H groups in total. The third-order valence-electron chi connectivity index (χ3n) is 2.81. The van der Waals surface area contributed by atoms with Crippen LogP contribution in [0.25, 0.3) is 0 Å². The van der Waals surface area contributed by atoms with Crippen molar-refractivity contribution in [3.8, 4) is 0 Å². The van der Waals surface area contributed by atoms with Crippen molar-refractivity contribution < 1.29 is 9.21 Å². The molecule has 0 fully saturated rings. The van der Waals surface area contributed by atoms with Crippen LogP contribution in [0.5, 0.6) is 0 Å². The van der Waals surface area contributed by atoms with E-state index >= 15 is 0 Å². The minimum absolute atomic E-state index is 0.0147. The molecule has 0 amide bonds. The zero-order valence-electron chi connectivity index (χ0n) is 9.92. The van der Waals surface area contributed by atoms with Gasteiger partial charge < -0.3 is 4.42 Å². The topological polar surface area (TPSA) is 33.5 Å². The van der Waals surface area contributed by atoms with Gasteiger partial charge in [-0.15, -0.1) is 11.3 Å². The first kappa shape index (κ1) is 12.1. The Balaban J connectivity index is 1.97. The number of carbonyl (C=O) groups excluding carboxylic acids is 1. The number of carbonyl (C=O) groups is 1. The van der Waals surface area contributed by atoms with Crippen LogP contribution in [0.4, 0.5) is 0 Å². The predicted molar refractivity (Wildman–Crippen MR) is 68.4 cm³/mol. The SMILES string of the molecule is CC(c1cccs1)N(C)CC(=O)c1ccco1. The zero-order chi connectivity index (χ0) is 12.3. The first-order valence-electron chi connectivity index (χ1n) is 5.49. The molecule has 17 heavy (non-hydrogen) atoms. The van der Waals surface area contributed by atoms with E-state index in [-0.39, 0.29) is 11.8 Å². The first-order chi connectivity index (χ1) is 8.18. The van der Waals surface area contributed by atoms with Crippen LogP contribution >= 0.6 is 11.3 Å². The minimum atomic E-state index is 0.0147. The molecule has 0 saturated carbocycles. The fourth-order valence-corrected chi connectivity index (χ4v) is 2.47. The number of rotatable bonds is 5. The molecule has 3 nitrogen and oxygen atoms in total. The van der Waals surface area contributed by atoms with Gasteiger partial charge in [0.25, 0.3) is 0 Å². The monoisotopic (exact) mass is 249 g/mol. The van der Waals surface area contributed by atoms with Crippen molar-refractivity contribution in [2.45, 2.75) is 13.0 Å². The van der Waals surface area contributed by atoms with Crippen LogP contribution < -0.4 is 0 Å². The lowest BCUT2D eigenvalue weighted by Gasteiger charge is -2.22. The molecule has 0 spiro atoms. The van der Waals surface area contributed by atoms with Gasteiger partial charge in [-0.3, -0.25) is 9.69 Å². The number of thiophene rings is 1. The van der Waals surface area contributed by atoms with E-state index in [1.54, 1.807) is 23.5 Å². The van der Waals surface area contributed by atoms with Gasteiger partial charge >= 0.3 is 0 Å². The third-order valence-corrected chi connectivity index (χ3v) is 3.85. The molecule has 0 bridgehead atoms. The lowest BCUT2D eigenvalue weighted by Crippen LogP contribution is -2.28. The Bertz CT molecular complexity index is 462. The van der Waals surface area contributed by atoms with E-state index in [1.807, 2.05) is 23.4 Å². The quantitative estimate of drug-likeness (QED) is 0.763. The second-order valence-electron chi connectivity index (χ2n) is 4.01. The van der Waals surface area contributed by atoms with Crippen molar-refractivity contribution in [1.82, 2.24) is 4.90 Å². The summed E-state index contributed by atoms with van der Waals surface area (Å²) >= 11 is 1.71. The molecule has 0 radical (unpaired) electrons. The van der Waals surface area contributed by atoms with E-state index in [1.165, 1.54) is 11.1 Å². The molecular weight excluding hydrogens is 234 g/mol. The number of nitrogens with zero attached hydrogens (tertiary/aromatic N) is 1. The van der Waals surface area contributed by atoms with E-state index in [9.17, 15) is 4.79 Å². The van der Waals surface area contributed by atoms with E-state index in [0.29, 0.717) is 12.3 Å².